The zero-order valence-electron chi connectivity index (χ0n) is 11.8. The number of phenols is 1. The first-order valence-corrected chi connectivity index (χ1v) is 6.24. The lowest BCUT2D eigenvalue weighted by molar-refractivity contribution is -0.134. The maximum Gasteiger partial charge on any atom is 0.338 e. The van der Waals surface area contributed by atoms with Crippen LogP contribution < -0.4 is 5.73 Å². The van der Waals surface area contributed by atoms with Crippen LogP contribution in [-0.4, -0.2) is 28.8 Å². The quantitative estimate of drug-likeness (QED) is 0.579. The Morgan fingerprint density at radius 3 is 2.43 bits per heavy atom. The van der Waals surface area contributed by atoms with Gasteiger partial charge < -0.3 is 20.7 Å². The fourth-order valence-electron chi connectivity index (χ4n) is 1.69. The lowest BCUT2D eigenvalue weighted by Crippen LogP contribution is -2.04. The second-order valence-corrected chi connectivity index (χ2v) is 4.22. The monoisotopic (exact) mass is 291 g/mol. The minimum atomic E-state index is -0.833. The van der Waals surface area contributed by atoms with Crippen molar-refractivity contribution in [3.8, 4) is 5.75 Å². The third kappa shape index (κ3) is 4.68. The van der Waals surface area contributed by atoms with Gasteiger partial charge in [0.1, 0.15) is 5.75 Å². The fraction of sp³-hybridized carbons (Fsp3) is 0.200. The molecule has 0 aromatic heterocycles. The first-order chi connectivity index (χ1) is 9.85. The zero-order chi connectivity index (χ0) is 16.0. The van der Waals surface area contributed by atoms with Gasteiger partial charge in [0.15, 0.2) is 0 Å². The molecule has 112 valence electrons. The largest absolute Gasteiger partial charge is 0.507 e. The SMILES string of the molecule is CC(=O)O.CCOC(=O)c1cc(O)c2cc(N)ccc2c1. The number of anilines is 1. The Bertz CT molecular complexity index is 662. The van der Waals surface area contributed by atoms with E-state index in [9.17, 15) is 9.90 Å². The van der Waals surface area contributed by atoms with Crippen molar-refractivity contribution in [2.75, 3.05) is 12.3 Å². The van der Waals surface area contributed by atoms with Crippen LogP contribution in [0.15, 0.2) is 30.3 Å². The molecule has 4 N–H and O–H groups in total. The Balaban J connectivity index is 0.000000491. The molecular formula is C15H17NO5. The average Bonchev–Trinajstić information content (AvgIpc) is 2.39. The number of fused-ring (bicyclic) bond motifs is 1. The third-order valence-corrected chi connectivity index (χ3v) is 2.47. The molecule has 0 saturated heterocycles. The van der Waals surface area contributed by atoms with Crippen molar-refractivity contribution in [2.45, 2.75) is 13.8 Å². The number of hydrogen-bond donors (Lipinski definition) is 3. The Morgan fingerprint density at radius 1 is 1.24 bits per heavy atom. The van der Waals surface area contributed by atoms with Crippen LogP contribution in [-0.2, 0) is 9.53 Å². The summed E-state index contributed by atoms with van der Waals surface area (Å²) in [5.41, 5.74) is 6.54. The van der Waals surface area contributed by atoms with Gasteiger partial charge in [0.25, 0.3) is 5.97 Å². The maximum atomic E-state index is 11.5. The van der Waals surface area contributed by atoms with Gasteiger partial charge in [0.05, 0.1) is 12.2 Å². The number of esters is 1. The average molecular weight is 291 g/mol. The highest BCUT2D eigenvalue weighted by Gasteiger charge is 2.10. The zero-order valence-corrected chi connectivity index (χ0v) is 11.8. The van der Waals surface area contributed by atoms with E-state index in [1.807, 2.05) is 0 Å². The lowest BCUT2D eigenvalue weighted by atomic mass is 10.1. The molecule has 2 aromatic rings. The molecule has 0 fully saturated rings. The predicted octanol–water partition coefficient (Wildman–Crippen LogP) is 2.40. The van der Waals surface area contributed by atoms with Gasteiger partial charge >= 0.3 is 5.97 Å². The minimum absolute atomic E-state index is 0.0258. The number of carboxylic acids is 1. The number of carboxylic acid groups (broad SMARTS) is 1. The lowest BCUT2D eigenvalue weighted by Gasteiger charge is -2.06. The van der Waals surface area contributed by atoms with E-state index in [2.05, 4.69) is 0 Å². The molecule has 0 aliphatic heterocycles. The smallest absolute Gasteiger partial charge is 0.338 e. The summed E-state index contributed by atoms with van der Waals surface area (Å²) < 4.78 is 4.88. The Labute approximate surface area is 121 Å². The molecule has 0 unspecified atom stereocenters. The van der Waals surface area contributed by atoms with Gasteiger partial charge in [-0.2, -0.15) is 0 Å². The van der Waals surface area contributed by atoms with Crippen LogP contribution in [0.3, 0.4) is 0 Å². The standard InChI is InChI=1S/C13H13NO3.C2H4O2/c1-2-17-13(16)9-5-8-3-4-10(14)7-11(8)12(15)6-9;1-2(3)4/h3-7,15H,2,14H2,1H3;1H3,(H,3,4). The first-order valence-electron chi connectivity index (χ1n) is 6.24. The molecule has 0 saturated carbocycles. The summed E-state index contributed by atoms with van der Waals surface area (Å²) >= 11 is 0. The van der Waals surface area contributed by atoms with E-state index in [1.54, 1.807) is 31.2 Å². The highest BCUT2D eigenvalue weighted by Crippen LogP contribution is 2.28. The van der Waals surface area contributed by atoms with Crippen LogP contribution >= 0.6 is 0 Å². The Hall–Kier alpha value is -2.76. The molecule has 0 spiro atoms. The molecule has 0 atom stereocenters. The number of carbonyl (C=O) groups excluding carboxylic acids is 1. The number of nitrogen functional groups attached to an aromatic ring is 1. The van der Waals surface area contributed by atoms with Crippen molar-refractivity contribution in [3.63, 3.8) is 0 Å². The molecule has 6 nitrogen and oxygen atoms in total. The summed E-state index contributed by atoms with van der Waals surface area (Å²) in [5.74, 6) is -1.25. The number of rotatable bonds is 2. The second kappa shape index (κ2) is 7.14. The molecule has 0 aliphatic carbocycles. The highest BCUT2D eigenvalue weighted by molar-refractivity contribution is 5.99. The molecule has 0 radical (unpaired) electrons. The van der Waals surface area contributed by atoms with E-state index in [1.165, 1.54) is 6.07 Å². The van der Waals surface area contributed by atoms with Gasteiger partial charge in [-0.3, -0.25) is 4.79 Å². The maximum absolute atomic E-state index is 11.5. The third-order valence-electron chi connectivity index (χ3n) is 2.47. The van der Waals surface area contributed by atoms with E-state index in [-0.39, 0.29) is 5.75 Å². The molecule has 2 aromatic carbocycles. The van der Waals surface area contributed by atoms with E-state index < -0.39 is 11.9 Å². The molecule has 0 amide bonds. The summed E-state index contributed by atoms with van der Waals surface area (Å²) in [7, 11) is 0. The highest BCUT2D eigenvalue weighted by atomic mass is 16.5. The van der Waals surface area contributed by atoms with Gasteiger partial charge in [0, 0.05) is 18.0 Å². The van der Waals surface area contributed by atoms with Crippen LogP contribution in [0.4, 0.5) is 5.69 Å². The number of benzene rings is 2. The molecule has 0 bridgehead atoms. The number of nitrogens with two attached hydrogens (primary N) is 1. The topological polar surface area (TPSA) is 110 Å². The van der Waals surface area contributed by atoms with Gasteiger partial charge in [-0.15, -0.1) is 0 Å². The number of aliphatic carboxylic acids is 1. The van der Waals surface area contributed by atoms with Crippen molar-refractivity contribution >= 4 is 28.4 Å². The molecule has 21 heavy (non-hydrogen) atoms. The summed E-state index contributed by atoms with van der Waals surface area (Å²) in [4.78, 5) is 20.5. The molecular weight excluding hydrogens is 274 g/mol. The van der Waals surface area contributed by atoms with Gasteiger partial charge in [-0.05, 0) is 36.6 Å². The number of phenolic OH excluding ortho intramolecular Hbond substituents is 1. The van der Waals surface area contributed by atoms with Crippen LogP contribution in [0.5, 0.6) is 5.75 Å². The summed E-state index contributed by atoms with van der Waals surface area (Å²) in [6.45, 7) is 3.12. The molecule has 0 heterocycles. The number of aromatic hydroxyl groups is 1. The van der Waals surface area contributed by atoms with Crippen LogP contribution in [0.1, 0.15) is 24.2 Å². The normalized spacial score (nSPS) is 9.62. The number of hydrogen-bond acceptors (Lipinski definition) is 5. The van der Waals surface area contributed by atoms with Gasteiger partial charge in [-0.25, -0.2) is 4.79 Å². The van der Waals surface area contributed by atoms with E-state index in [0.717, 1.165) is 12.3 Å². The number of carbonyl (C=O) groups is 2. The van der Waals surface area contributed by atoms with Crippen molar-refractivity contribution in [2.24, 2.45) is 0 Å². The van der Waals surface area contributed by atoms with Crippen LogP contribution in [0.25, 0.3) is 10.8 Å². The predicted molar refractivity (Wildman–Crippen MR) is 79.3 cm³/mol. The Morgan fingerprint density at radius 2 is 1.86 bits per heavy atom. The van der Waals surface area contributed by atoms with Crippen molar-refractivity contribution < 1.29 is 24.5 Å². The van der Waals surface area contributed by atoms with Crippen LogP contribution in [0, 0.1) is 0 Å². The summed E-state index contributed by atoms with van der Waals surface area (Å²) in [6, 6.07) is 8.20. The minimum Gasteiger partial charge on any atom is -0.507 e. The van der Waals surface area contributed by atoms with Crippen molar-refractivity contribution in [1.29, 1.82) is 0 Å². The van der Waals surface area contributed by atoms with Crippen LogP contribution in [0.2, 0.25) is 0 Å². The second-order valence-electron chi connectivity index (χ2n) is 4.22. The van der Waals surface area contributed by atoms with Gasteiger partial charge in [0.2, 0.25) is 0 Å². The first kappa shape index (κ1) is 16.3. The summed E-state index contributed by atoms with van der Waals surface area (Å²) in [6.07, 6.45) is 0. The van der Waals surface area contributed by atoms with Crippen molar-refractivity contribution in [1.82, 2.24) is 0 Å². The molecule has 0 aliphatic rings. The number of ether oxygens (including phenoxy) is 1. The van der Waals surface area contributed by atoms with Crippen molar-refractivity contribution in [3.05, 3.63) is 35.9 Å². The molecule has 6 heteroatoms. The summed E-state index contributed by atoms with van der Waals surface area (Å²) in [5, 5.41) is 18.6. The Kier molecular flexibility index (Phi) is 5.54. The van der Waals surface area contributed by atoms with E-state index in [0.29, 0.717) is 23.2 Å². The van der Waals surface area contributed by atoms with E-state index in [4.69, 9.17) is 20.4 Å². The fourth-order valence-corrected chi connectivity index (χ4v) is 1.69. The van der Waals surface area contributed by atoms with E-state index >= 15 is 0 Å². The molecule has 2 rings (SSSR count). The van der Waals surface area contributed by atoms with Gasteiger partial charge in [-0.1, -0.05) is 6.07 Å².